The van der Waals surface area contributed by atoms with Gasteiger partial charge < -0.3 is 29.5 Å². The van der Waals surface area contributed by atoms with Gasteiger partial charge in [0.05, 0.1) is 35.7 Å². The summed E-state index contributed by atoms with van der Waals surface area (Å²) in [5.74, 6) is 1.25. The monoisotopic (exact) mass is 490 g/mol. The molecule has 0 amide bonds. The summed E-state index contributed by atoms with van der Waals surface area (Å²) in [4.78, 5) is 10.8. The summed E-state index contributed by atoms with van der Waals surface area (Å²) < 4.78 is 31.4. The molecule has 0 unspecified atom stereocenters. The van der Waals surface area contributed by atoms with Crippen LogP contribution in [0.3, 0.4) is 0 Å². The maximum Gasteiger partial charge on any atom is 0.145 e. The number of aliphatic hydroxyl groups is 1. The van der Waals surface area contributed by atoms with Crippen LogP contribution < -0.4 is 14.8 Å². The number of halogens is 2. The van der Waals surface area contributed by atoms with Crippen LogP contribution in [-0.2, 0) is 4.74 Å². The van der Waals surface area contributed by atoms with Crippen LogP contribution in [0.4, 0.5) is 15.9 Å². The van der Waals surface area contributed by atoms with Crippen molar-refractivity contribution in [2.24, 2.45) is 0 Å². The molecule has 0 spiro atoms. The van der Waals surface area contributed by atoms with Crippen molar-refractivity contribution in [3.8, 4) is 11.5 Å². The number of nitrogens with zero attached hydrogens (tertiary/aromatic N) is 3. The molecule has 0 saturated carbocycles. The Kier molecular flexibility index (Phi) is 8.34. The van der Waals surface area contributed by atoms with Crippen LogP contribution in [0.15, 0.2) is 36.7 Å². The second-order valence-corrected chi connectivity index (χ2v) is 8.50. The van der Waals surface area contributed by atoms with Crippen molar-refractivity contribution >= 4 is 34.0 Å². The molecule has 8 nitrogen and oxygen atoms in total. The lowest BCUT2D eigenvalue weighted by Crippen LogP contribution is -2.27. The SMILES string of the molecule is CN(CCO)CCOc1cc(OC2CCOCC2)c2c(Nc3ccc(F)c(Cl)c3)ncnc2c1. The van der Waals surface area contributed by atoms with Gasteiger partial charge in [0.15, 0.2) is 0 Å². The van der Waals surface area contributed by atoms with E-state index in [1.807, 2.05) is 24.1 Å². The highest BCUT2D eigenvalue weighted by Gasteiger charge is 2.20. The number of hydrogen-bond donors (Lipinski definition) is 2. The first kappa shape index (κ1) is 24.4. The number of ether oxygens (including phenoxy) is 3. The summed E-state index contributed by atoms with van der Waals surface area (Å²) in [7, 11) is 1.92. The number of hydrogen-bond acceptors (Lipinski definition) is 8. The zero-order valence-corrected chi connectivity index (χ0v) is 19.7. The van der Waals surface area contributed by atoms with E-state index in [0.29, 0.717) is 66.8 Å². The maximum absolute atomic E-state index is 13.6. The molecular weight excluding hydrogens is 463 g/mol. The van der Waals surface area contributed by atoms with E-state index in [9.17, 15) is 4.39 Å². The Hall–Kier alpha value is -2.72. The van der Waals surface area contributed by atoms with E-state index in [-0.39, 0.29) is 17.7 Å². The molecule has 2 aromatic carbocycles. The largest absolute Gasteiger partial charge is 0.492 e. The maximum atomic E-state index is 13.6. The van der Waals surface area contributed by atoms with E-state index in [2.05, 4.69) is 15.3 Å². The lowest BCUT2D eigenvalue weighted by atomic mass is 10.1. The molecule has 0 radical (unpaired) electrons. The molecule has 4 rings (SSSR count). The molecule has 182 valence electrons. The van der Waals surface area contributed by atoms with Crippen LogP contribution in [0, 0.1) is 5.82 Å². The highest BCUT2D eigenvalue weighted by molar-refractivity contribution is 6.31. The normalized spacial score (nSPS) is 14.5. The molecular formula is C24H28ClFN4O4. The van der Waals surface area contributed by atoms with E-state index in [0.717, 1.165) is 12.8 Å². The summed E-state index contributed by atoms with van der Waals surface area (Å²) in [6.07, 6.45) is 3.01. The van der Waals surface area contributed by atoms with Gasteiger partial charge >= 0.3 is 0 Å². The molecule has 1 saturated heterocycles. The molecule has 2 heterocycles. The van der Waals surface area contributed by atoms with Gasteiger partial charge in [-0.05, 0) is 25.2 Å². The predicted octanol–water partition coefficient (Wildman–Crippen LogP) is 4.03. The molecule has 0 atom stereocenters. The van der Waals surface area contributed by atoms with E-state index in [4.69, 9.17) is 30.9 Å². The average Bonchev–Trinajstić information content (AvgIpc) is 2.82. The molecule has 10 heteroatoms. The fourth-order valence-corrected chi connectivity index (χ4v) is 3.87. The van der Waals surface area contributed by atoms with Crippen molar-refractivity contribution in [2.75, 3.05) is 51.9 Å². The number of fused-ring (bicyclic) bond motifs is 1. The Morgan fingerprint density at radius 2 is 2.03 bits per heavy atom. The quantitative estimate of drug-likeness (QED) is 0.440. The van der Waals surface area contributed by atoms with Gasteiger partial charge in [0.2, 0.25) is 0 Å². The van der Waals surface area contributed by atoms with Gasteiger partial charge in [-0.1, -0.05) is 11.6 Å². The molecule has 1 fully saturated rings. The van der Waals surface area contributed by atoms with Gasteiger partial charge in [-0.15, -0.1) is 0 Å². The van der Waals surface area contributed by atoms with Gasteiger partial charge in [-0.2, -0.15) is 0 Å². The van der Waals surface area contributed by atoms with Crippen LogP contribution >= 0.6 is 11.6 Å². The molecule has 3 aromatic rings. The van der Waals surface area contributed by atoms with Crippen LogP contribution in [0.1, 0.15) is 12.8 Å². The second kappa shape index (κ2) is 11.6. The number of aliphatic hydroxyl groups excluding tert-OH is 1. The average molecular weight is 491 g/mol. The standard InChI is InChI=1S/C24H28ClFN4O4/c1-30(6-8-31)7-11-33-18-13-21-23(22(14-18)34-17-4-9-32-10-5-17)24(28-15-27-21)29-16-2-3-20(26)19(25)12-16/h2-3,12-15,17,31H,4-11H2,1H3,(H,27,28,29). The Balaban J connectivity index is 1.65. The summed E-state index contributed by atoms with van der Waals surface area (Å²) in [6.45, 7) is 3.08. The molecule has 1 aromatic heterocycles. The molecule has 0 aliphatic carbocycles. The molecule has 2 N–H and O–H groups in total. The third-order valence-electron chi connectivity index (χ3n) is 5.54. The number of rotatable bonds is 10. The third-order valence-corrected chi connectivity index (χ3v) is 5.83. The zero-order chi connectivity index (χ0) is 23.9. The van der Waals surface area contributed by atoms with Crippen molar-refractivity contribution in [1.82, 2.24) is 14.9 Å². The van der Waals surface area contributed by atoms with Crippen molar-refractivity contribution in [1.29, 1.82) is 0 Å². The number of benzene rings is 2. The number of nitrogens with one attached hydrogen (secondary N) is 1. The van der Waals surface area contributed by atoms with E-state index >= 15 is 0 Å². The van der Waals surface area contributed by atoms with Crippen LogP contribution in [0.2, 0.25) is 5.02 Å². The van der Waals surface area contributed by atoms with Gasteiger partial charge in [0, 0.05) is 43.8 Å². The first-order valence-electron chi connectivity index (χ1n) is 11.2. The predicted molar refractivity (Wildman–Crippen MR) is 129 cm³/mol. The fraction of sp³-hybridized carbons (Fsp3) is 0.417. The van der Waals surface area contributed by atoms with Gasteiger partial charge in [0.25, 0.3) is 0 Å². The minimum absolute atomic E-state index is 0.00351. The Morgan fingerprint density at radius 3 is 2.79 bits per heavy atom. The van der Waals surface area contributed by atoms with Crippen molar-refractivity contribution in [2.45, 2.75) is 18.9 Å². The molecule has 1 aliphatic heterocycles. The Bertz CT molecular complexity index is 1110. The first-order chi connectivity index (χ1) is 16.5. The Labute approximate surface area is 202 Å². The third kappa shape index (κ3) is 6.24. The number of aromatic nitrogens is 2. The zero-order valence-electron chi connectivity index (χ0n) is 19.0. The number of likely N-dealkylation sites (N-methyl/N-ethyl adjacent to an activating group) is 1. The van der Waals surface area contributed by atoms with Crippen molar-refractivity contribution in [3.05, 3.63) is 47.5 Å². The smallest absolute Gasteiger partial charge is 0.145 e. The van der Waals surface area contributed by atoms with Gasteiger partial charge in [-0.3, -0.25) is 0 Å². The van der Waals surface area contributed by atoms with E-state index in [1.165, 1.54) is 18.5 Å². The fourth-order valence-electron chi connectivity index (χ4n) is 3.69. The topological polar surface area (TPSA) is 89.0 Å². The summed E-state index contributed by atoms with van der Waals surface area (Å²) in [5.41, 5.74) is 1.24. The van der Waals surface area contributed by atoms with E-state index in [1.54, 1.807) is 6.07 Å². The molecule has 1 aliphatic rings. The Morgan fingerprint density at radius 1 is 1.21 bits per heavy atom. The highest BCUT2D eigenvalue weighted by atomic mass is 35.5. The van der Waals surface area contributed by atoms with Gasteiger partial charge in [-0.25, -0.2) is 14.4 Å². The minimum Gasteiger partial charge on any atom is -0.492 e. The van der Waals surface area contributed by atoms with Crippen LogP contribution in [0.25, 0.3) is 10.9 Å². The highest BCUT2D eigenvalue weighted by Crippen LogP contribution is 2.37. The van der Waals surface area contributed by atoms with Crippen molar-refractivity contribution in [3.63, 3.8) is 0 Å². The molecule has 0 bridgehead atoms. The van der Waals surface area contributed by atoms with Gasteiger partial charge in [0.1, 0.15) is 42.2 Å². The summed E-state index contributed by atoms with van der Waals surface area (Å²) >= 11 is 5.95. The van der Waals surface area contributed by atoms with Crippen LogP contribution in [0.5, 0.6) is 11.5 Å². The minimum atomic E-state index is -0.491. The summed E-state index contributed by atoms with van der Waals surface area (Å²) in [6, 6.07) is 8.07. The summed E-state index contributed by atoms with van der Waals surface area (Å²) in [5, 5.41) is 13.0. The second-order valence-electron chi connectivity index (χ2n) is 8.10. The lowest BCUT2D eigenvalue weighted by molar-refractivity contribution is 0.0261. The first-order valence-corrected chi connectivity index (χ1v) is 11.6. The molecule has 34 heavy (non-hydrogen) atoms. The lowest BCUT2D eigenvalue weighted by Gasteiger charge is -2.25. The number of anilines is 2. The van der Waals surface area contributed by atoms with Crippen molar-refractivity contribution < 1.29 is 23.7 Å². The van der Waals surface area contributed by atoms with Crippen LogP contribution in [-0.4, -0.2) is 72.6 Å². The van der Waals surface area contributed by atoms with E-state index < -0.39 is 5.82 Å².